The Morgan fingerprint density at radius 3 is 2.75 bits per heavy atom. The fourth-order valence-electron chi connectivity index (χ4n) is 1.05. The number of nitrogens with one attached hydrogen (secondary N) is 2. The first-order valence-electron chi connectivity index (χ1n) is 4.57. The minimum absolute atomic E-state index is 0.0214. The number of hydrogen-bond donors (Lipinski definition) is 4. The zero-order valence-corrected chi connectivity index (χ0v) is 9.16. The second kappa shape index (κ2) is 6.09. The molecule has 2 amide bonds. The van der Waals surface area contributed by atoms with Crippen molar-refractivity contribution in [1.29, 1.82) is 0 Å². The van der Waals surface area contributed by atoms with Crippen molar-refractivity contribution >= 4 is 29.0 Å². The molecule has 0 spiro atoms. The van der Waals surface area contributed by atoms with Crippen LogP contribution in [0.3, 0.4) is 0 Å². The number of urea groups is 1. The van der Waals surface area contributed by atoms with Gasteiger partial charge in [-0.3, -0.25) is 0 Å². The van der Waals surface area contributed by atoms with Crippen LogP contribution in [0.5, 0.6) is 0 Å². The Labute approximate surface area is 95.9 Å². The number of carbonyl (C=O) groups excluding carboxylic acids is 1. The second-order valence-corrected chi connectivity index (χ2v) is 3.79. The number of aliphatic carboxylic acids is 1. The molecule has 1 aromatic rings. The molecule has 0 aliphatic carbocycles. The van der Waals surface area contributed by atoms with E-state index in [1.165, 1.54) is 11.3 Å². The van der Waals surface area contributed by atoms with E-state index >= 15 is 0 Å². The summed E-state index contributed by atoms with van der Waals surface area (Å²) in [6, 6.07) is 0.0226. The molecule has 1 aromatic heterocycles. The maximum Gasteiger partial charge on any atom is 0.326 e. The van der Waals surface area contributed by atoms with Gasteiger partial charge in [-0.15, -0.1) is 0 Å². The first kappa shape index (κ1) is 12.5. The number of aliphatic hydroxyl groups excluding tert-OH is 1. The molecule has 1 heterocycles. The molecule has 88 valence electrons. The first-order chi connectivity index (χ1) is 7.63. The van der Waals surface area contributed by atoms with Crippen LogP contribution in [0.4, 0.5) is 10.5 Å². The number of carboxylic acid groups (broad SMARTS) is 1. The number of carbonyl (C=O) groups is 2. The standard InChI is InChI=1S/C9H12N2O4S/c12-3-1-7(8(13)14)11-9(15)10-6-2-4-16-5-6/h2,4-5,7,12H,1,3H2,(H,13,14)(H2,10,11,15)/t7-/m1/s1. The van der Waals surface area contributed by atoms with Crippen LogP contribution in [0.2, 0.25) is 0 Å². The largest absolute Gasteiger partial charge is 0.480 e. The van der Waals surface area contributed by atoms with E-state index in [9.17, 15) is 9.59 Å². The van der Waals surface area contributed by atoms with Crippen LogP contribution in [-0.2, 0) is 4.79 Å². The molecular weight excluding hydrogens is 232 g/mol. The van der Waals surface area contributed by atoms with Gasteiger partial charge in [0.05, 0.1) is 5.69 Å². The maximum atomic E-state index is 11.3. The van der Waals surface area contributed by atoms with E-state index < -0.39 is 18.0 Å². The Kier molecular flexibility index (Phi) is 4.74. The highest BCUT2D eigenvalue weighted by molar-refractivity contribution is 7.08. The molecule has 6 nitrogen and oxygen atoms in total. The zero-order valence-electron chi connectivity index (χ0n) is 8.34. The van der Waals surface area contributed by atoms with Crippen molar-refractivity contribution in [2.24, 2.45) is 0 Å². The normalized spacial score (nSPS) is 11.8. The van der Waals surface area contributed by atoms with Crippen molar-refractivity contribution in [2.45, 2.75) is 12.5 Å². The van der Waals surface area contributed by atoms with Gasteiger partial charge >= 0.3 is 12.0 Å². The van der Waals surface area contributed by atoms with Gasteiger partial charge in [-0.2, -0.15) is 11.3 Å². The van der Waals surface area contributed by atoms with E-state index in [0.29, 0.717) is 5.69 Å². The monoisotopic (exact) mass is 244 g/mol. The lowest BCUT2D eigenvalue weighted by Gasteiger charge is -2.13. The second-order valence-electron chi connectivity index (χ2n) is 3.01. The zero-order chi connectivity index (χ0) is 12.0. The predicted octanol–water partition coefficient (Wildman–Crippen LogP) is 0.705. The van der Waals surface area contributed by atoms with E-state index in [-0.39, 0.29) is 13.0 Å². The van der Waals surface area contributed by atoms with Crippen LogP contribution >= 0.6 is 11.3 Å². The Bertz CT molecular complexity index is 352. The Morgan fingerprint density at radius 1 is 1.50 bits per heavy atom. The van der Waals surface area contributed by atoms with Gasteiger partial charge in [-0.1, -0.05) is 0 Å². The van der Waals surface area contributed by atoms with Gasteiger partial charge in [0.1, 0.15) is 6.04 Å². The van der Waals surface area contributed by atoms with Crippen LogP contribution in [0.1, 0.15) is 6.42 Å². The predicted molar refractivity (Wildman–Crippen MR) is 59.6 cm³/mol. The smallest absolute Gasteiger partial charge is 0.326 e. The fourth-order valence-corrected chi connectivity index (χ4v) is 1.64. The molecule has 7 heteroatoms. The molecule has 4 N–H and O–H groups in total. The van der Waals surface area contributed by atoms with Gasteiger partial charge in [0, 0.05) is 18.4 Å². The van der Waals surface area contributed by atoms with Crippen molar-refractivity contribution < 1.29 is 19.8 Å². The quantitative estimate of drug-likeness (QED) is 0.613. The average Bonchev–Trinajstić information content (AvgIpc) is 2.69. The highest BCUT2D eigenvalue weighted by atomic mass is 32.1. The minimum atomic E-state index is -1.17. The maximum absolute atomic E-state index is 11.3. The number of carboxylic acids is 1. The Morgan fingerprint density at radius 2 is 2.25 bits per heavy atom. The number of aliphatic hydroxyl groups is 1. The molecule has 0 saturated heterocycles. The molecule has 0 aliphatic rings. The van der Waals surface area contributed by atoms with Crippen molar-refractivity contribution in [2.75, 3.05) is 11.9 Å². The molecule has 0 radical (unpaired) electrons. The van der Waals surface area contributed by atoms with E-state index in [0.717, 1.165) is 0 Å². The lowest BCUT2D eigenvalue weighted by molar-refractivity contribution is -0.139. The van der Waals surface area contributed by atoms with Gasteiger partial charge in [0.25, 0.3) is 0 Å². The number of thiophene rings is 1. The van der Waals surface area contributed by atoms with Crippen molar-refractivity contribution in [3.63, 3.8) is 0 Å². The molecule has 16 heavy (non-hydrogen) atoms. The summed E-state index contributed by atoms with van der Waals surface area (Å²) in [5.41, 5.74) is 0.607. The Balaban J connectivity index is 2.45. The van der Waals surface area contributed by atoms with E-state index in [4.69, 9.17) is 10.2 Å². The summed E-state index contributed by atoms with van der Waals surface area (Å²) < 4.78 is 0. The number of hydrogen-bond acceptors (Lipinski definition) is 4. The topological polar surface area (TPSA) is 98.7 Å². The minimum Gasteiger partial charge on any atom is -0.480 e. The summed E-state index contributed by atoms with van der Waals surface area (Å²) >= 11 is 1.42. The van der Waals surface area contributed by atoms with Crippen molar-refractivity contribution in [3.8, 4) is 0 Å². The summed E-state index contributed by atoms with van der Waals surface area (Å²) in [5.74, 6) is -1.17. The van der Waals surface area contributed by atoms with Gasteiger partial charge < -0.3 is 20.8 Å². The van der Waals surface area contributed by atoms with Gasteiger partial charge in [-0.05, 0) is 11.4 Å². The van der Waals surface area contributed by atoms with Crippen molar-refractivity contribution in [1.82, 2.24) is 5.32 Å². The molecule has 1 rings (SSSR count). The third kappa shape index (κ3) is 3.87. The molecule has 0 fully saturated rings. The lowest BCUT2D eigenvalue weighted by Crippen LogP contribution is -2.43. The average molecular weight is 244 g/mol. The highest BCUT2D eigenvalue weighted by Crippen LogP contribution is 2.11. The van der Waals surface area contributed by atoms with E-state index in [1.54, 1.807) is 16.8 Å². The molecule has 0 saturated carbocycles. The molecule has 0 unspecified atom stereocenters. The number of rotatable bonds is 5. The Hall–Kier alpha value is -1.60. The molecule has 0 bridgehead atoms. The summed E-state index contributed by atoms with van der Waals surface area (Å²) in [5, 5.41) is 25.6. The van der Waals surface area contributed by atoms with Crippen LogP contribution < -0.4 is 10.6 Å². The summed E-state index contributed by atoms with van der Waals surface area (Å²) in [6.07, 6.45) is -0.0214. The fraction of sp³-hybridized carbons (Fsp3) is 0.333. The van der Waals surface area contributed by atoms with Crippen LogP contribution in [0.15, 0.2) is 16.8 Å². The lowest BCUT2D eigenvalue weighted by atomic mass is 10.2. The van der Waals surface area contributed by atoms with Crippen molar-refractivity contribution in [3.05, 3.63) is 16.8 Å². The SMILES string of the molecule is O=C(Nc1ccsc1)N[C@H](CCO)C(=O)O. The van der Waals surface area contributed by atoms with E-state index in [2.05, 4.69) is 10.6 Å². The third-order valence-corrected chi connectivity index (χ3v) is 2.48. The molecule has 0 aromatic carbocycles. The van der Waals surface area contributed by atoms with Gasteiger partial charge in [0.2, 0.25) is 0 Å². The van der Waals surface area contributed by atoms with Crippen LogP contribution in [0.25, 0.3) is 0 Å². The van der Waals surface area contributed by atoms with E-state index in [1.807, 2.05) is 0 Å². The molecule has 1 atom stereocenters. The summed E-state index contributed by atoms with van der Waals surface area (Å²) in [4.78, 5) is 22.0. The highest BCUT2D eigenvalue weighted by Gasteiger charge is 2.18. The van der Waals surface area contributed by atoms with Crippen LogP contribution in [0, 0.1) is 0 Å². The van der Waals surface area contributed by atoms with Gasteiger partial charge in [-0.25, -0.2) is 9.59 Å². The number of anilines is 1. The van der Waals surface area contributed by atoms with Crippen LogP contribution in [-0.4, -0.2) is 34.9 Å². The summed E-state index contributed by atoms with van der Waals surface area (Å²) in [6.45, 7) is -0.296. The first-order valence-corrected chi connectivity index (χ1v) is 5.51. The molecular formula is C9H12N2O4S. The van der Waals surface area contributed by atoms with Gasteiger partial charge in [0.15, 0.2) is 0 Å². The number of amides is 2. The third-order valence-electron chi connectivity index (χ3n) is 1.80. The molecule has 0 aliphatic heterocycles. The summed E-state index contributed by atoms with van der Waals surface area (Å²) in [7, 11) is 0.